The first-order valence-electron chi connectivity index (χ1n) is 7.44. The van der Waals surface area contributed by atoms with Crippen LogP contribution in [0.15, 0.2) is 0 Å². The molecule has 19 heavy (non-hydrogen) atoms. The van der Waals surface area contributed by atoms with Crippen molar-refractivity contribution in [3.8, 4) is 0 Å². The molecule has 2 rings (SSSR count). The minimum atomic E-state index is -0.145. The normalized spacial score (nSPS) is 23.2. The Morgan fingerprint density at radius 1 is 1.26 bits per heavy atom. The Bertz CT molecular complexity index is 292. The van der Waals surface area contributed by atoms with Gasteiger partial charge in [-0.15, -0.1) is 0 Å². The van der Waals surface area contributed by atoms with E-state index < -0.39 is 0 Å². The molecular weight excluding hydrogens is 242 g/mol. The number of nitrogens with zero attached hydrogens (tertiary/aromatic N) is 2. The molecular formula is C14H27N3O2. The number of amides is 1. The van der Waals surface area contributed by atoms with Gasteiger partial charge in [-0.25, -0.2) is 0 Å². The standard InChI is InChI=1S/C14H27N3O2/c1-19-14(4-2-5-14)12-13(18)17-10-8-16(9-11-17)7-3-6-15/h2-12,15H2,1H3. The van der Waals surface area contributed by atoms with Crippen molar-refractivity contribution in [2.24, 2.45) is 5.73 Å². The quantitative estimate of drug-likeness (QED) is 0.760. The second kappa shape index (κ2) is 6.68. The van der Waals surface area contributed by atoms with Crippen molar-refractivity contribution in [1.82, 2.24) is 9.80 Å². The number of piperazine rings is 1. The molecule has 0 aromatic rings. The lowest BCUT2D eigenvalue weighted by Crippen LogP contribution is -2.52. The summed E-state index contributed by atoms with van der Waals surface area (Å²) in [6.07, 6.45) is 4.86. The molecule has 1 saturated heterocycles. The van der Waals surface area contributed by atoms with Crippen molar-refractivity contribution in [1.29, 1.82) is 0 Å². The van der Waals surface area contributed by atoms with E-state index in [0.29, 0.717) is 6.42 Å². The molecule has 2 N–H and O–H groups in total. The Morgan fingerprint density at radius 2 is 1.95 bits per heavy atom. The van der Waals surface area contributed by atoms with Gasteiger partial charge in [-0.3, -0.25) is 9.69 Å². The molecule has 0 unspecified atom stereocenters. The van der Waals surface area contributed by atoms with Crippen LogP contribution in [0.5, 0.6) is 0 Å². The molecule has 110 valence electrons. The predicted molar refractivity (Wildman–Crippen MR) is 74.9 cm³/mol. The zero-order valence-electron chi connectivity index (χ0n) is 12.1. The SMILES string of the molecule is COC1(CC(=O)N2CCN(CCCN)CC2)CCC1. The molecule has 0 spiro atoms. The lowest BCUT2D eigenvalue weighted by Gasteiger charge is -2.42. The van der Waals surface area contributed by atoms with Crippen molar-refractivity contribution in [2.45, 2.75) is 37.7 Å². The average molecular weight is 269 g/mol. The summed E-state index contributed by atoms with van der Waals surface area (Å²) >= 11 is 0. The van der Waals surface area contributed by atoms with E-state index in [-0.39, 0.29) is 11.5 Å². The van der Waals surface area contributed by atoms with Crippen LogP contribution >= 0.6 is 0 Å². The van der Waals surface area contributed by atoms with Gasteiger partial charge < -0.3 is 15.4 Å². The van der Waals surface area contributed by atoms with Crippen molar-refractivity contribution in [2.75, 3.05) is 46.4 Å². The Kier molecular flexibility index (Phi) is 5.19. The molecule has 0 atom stereocenters. The molecule has 0 radical (unpaired) electrons. The van der Waals surface area contributed by atoms with Crippen molar-refractivity contribution < 1.29 is 9.53 Å². The number of hydrogen-bond acceptors (Lipinski definition) is 4. The summed E-state index contributed by atoms with van der Waals surface area (Å²) < 4.78 is 5.54. The number of methoxy groups -OCH3 is 1. The Balaban J connectivity index is 1.73. The van der Waals surface area contributed by atoms with E-state index in [2.05, 4.69) is 4.90 Å². The topological polar surface area (TPSA) is 58.8 Å². The molecule has 0 bridgehead atoms. The second-order valence-electron chi connectivity index (χ2n) is 5.78. The van der Waals surface area contributed by atoms with Crippen LogP contribution in [0, 0.1) is 0 Å². The third-order valence-corrected chi connectivity index (χ3v) is 4.57. The third kappa shape index (κ3) is 3.68. The molecule has 2 aliphatic rings. The Labute approximate surface area is 116 Å². The number of nitrogens with two attached hydrogens (primary N) is 1. The maximum atomic E-state index is 12.3. The fourth-order valence-corrected chi connectivity index (χ4v) is 2.95. The van der Waals surface area contributed by atoms with E-state index in [1.54, 1.807) is 7.11 Å². The minimum Gasteiger partial charge on any atom is -0.378 e. The van der Waals surface area contributed by atoms with E-state index in [1.807, 2.05) is 4.90 Å². The van der Waals surface area contributed by atoms with Crippen LogP contribution < -0.4 is 5.73 Å². The Morgan fingerprint density at radius 3 is 2.42 bits per heavy atom. The van der Waals surface area contributed by atoms with E-state index >= 15 is 0 Å². The lowest BCUT2D eigenvalue weighted by atomic mass is 9.77. The Hall–Kier alpha value is -0.650. The van der Waals surface area contributed by atoms with Crippen LogP contribution in [-0.2, 0) is 9.53 Å². The first-order valence-corrected chi connectivity index (χ1v) is 7.44. The largest absolute Gasteiger partial charge is 0.378 e. The van der Waals surface area contributed by atoms with Crippen LogP contribution in [0.1, 0.15) is 32.1 Å². The monoisotopic (exact) mass is 269 g/mol. The molecule has 5 nitrogen and oxygen atoms in total. The molecule has 2 fully saturated rings. The highest BCUT2D eigenvalue weighted by Gasteiger charge is 2.40. The summed E-state index contributed by atoms with van der Waals surface area (Å²) in [4.78, 5) is 16.7. The summed E-state index contributed by atoms with van der Waals surface area (Å²) in [5, 5.41) is 0. The van der Waals surface area contributed by atoms with Gasteiger partial charge in [0.25, 0.3) is 0 Å². The number of rotatable bonds is 6. The minimum absolute atomic E-state index is 0.145. The van der Waals surface area contributed by atoms with Crippen LogP contribution in [0.4, 0.5) is 0 Å². The van der Waals surface area contributed by atoms with Crippen molar-refractivity contribution >= 4 is 5.91 Å². The van der Waals surface area contributed by atoms with Gasteiger partial charge in [-0.05, 0) is 38.8 Å². The second-order valence-corrected chi connectivity index (χ2v) is 5.78. The third-order valence-electron chi connectivity index (χ3n) is 4.57. The maximum Gasteiger partial charge on any atom is 0.225 e. The van der Waals surface area contributed by atoms with Gasteiger partial charge >= 0.3 is 0 Å². The summed E-state index contributed by atoms with van der Waals surface area (Å²) in [6.45, 7) is 5.46. The number of ether oxygens (including phenoxy) is 1. The van der Waals surface area contributed by atoms with Gasteiger partial charge in [-0.2, -0.15) is 0 Å². The summed E-state index contributed by atoms with van der Waals surface area (Å²) in [6, 6.07) is 0. The van der Waals surface area contributed by atoms with Crippen LogP contribution in [-0.4, -0.2) is 67.7 Å². The number of carbonyl (C=O) groups excluding carboxylic acids is 1. The lowest BCUT2D eigenvalue weighted by molar-refractivity contribution is -0.145. The summed E-state index contributed by atoms with van der Waals surface area (Å²) in [5.41, 5.74) is 5.38. The first kappa shape index (κ1) is 14.8. The van der Waals surface area contributed by atoms with Gasteiger partial charge in [-0.1, -0.05) is 0 Å². The highest BCUT2D eigenvalue weighted by atomic mass is 16.5. The fourth-order valence-electron chi connectivity index (χ4n) is 2.95. The molecule has 1 saturated carbocycles. The molecule has 1 aliphatic carbocycles. The fraction of sp³-hybridized carbons (Fsp3) is 0.929. The molecule has 0 aromatic carbocycles. The predicted octanol–water partition coefficient (Wildman–Crippen LogP) is 0.439. The number of carbonyl (C=O) groups is 1. The molecule has 1 amide bonds. The zero-order chi connectivity index (χ0) is 13.7. The van der Waals surface area contributed by atoms with Gasteiger partial charge in [0.1, 0.15) is 0 Å². The number of hydrogen-bond donors (Lipinski definition) is 1. The zero-order valence-corrected chi connectivity index (χ0v) is 12.1. The van der Waals surface area contributed by atoms with E-state index in [9.17, 15) is 4.79 Å². The molecule has 1 heterocycles. The average Bonchev–Trinajstić information content (AvgIpc) is 2.41. The van der Waals surface area contributed by atoms with Gasteiger partial charge in [0.15, 0.2) is 0 Å². The first-order chi connectivity index (χ1) is 9.19. The van der Waals surface area contributed by atoms with Crippen LogP contribution in [0.3, 0.4) is 0 Å². The maximum absolute atomic E-state index is 12.3. The molecule has 5 heteroatoms. The van der Waals surface area contributed by atoms with Crippen molar-refractivity contribution in [3.05, 3.63) is 0 Å². The highest BCUT2D eigenvalue weighted by molar-refractivity contribution is 5.77. The summed E-state index contributed by atoms with van der Waals surface area (Å²) in [7, 11) is 1.73. The van der Waals surface area contributed by atoms with Crippen LogP contribution in [0.2, 0.25) is 0 Å². The van der Waals surface area contributed by atoms with Gasteiger partial charge in [0, 0.05) is 33.3 Å². The smallest absolute Gasteiger partial charge is 0.225 e. The van der Waals surface area contributed by atoms with Gasteiger partial charge in [0.05, 0.1) is 12.0 Å². The van der Waals surface area contributed by atoms with E-state index in [1.165, 1.54) is 6.42 Å². The van der Waals surface area contributed by atoms with E-state index in [0.717, 1.165) is 58.5 Å². The van der Waals surface area contributed by atoms with Crippen LogP contribution in [0.25, 0.3) is 0 Å². The molecule has 0 aromatic heterocycles. The van der Waals surface area contributed by atoms with Gasteiger partial charge in [0.2, 0.25) is 5.91 Å². The summed E-state index contributed by atoms with van der Waals surface area (Å²) in [5.74, 6) is 0.264. The van der Waals surface area contributed by atoms with Crippen molar-refractivity contribution in [3.63, 3.8) is 0 Å². The highest BCUT2D eigenvalue weighted by Crippen LogP contribution is 2.38. The molecule has 1 aliphatic heterocycles. The van der Waals surface area contributed by atoms with E-state index in [4.69, 9.17) is 10.5 Å².